The summed E-state index contributed by atoms with van der Waals surface area (Å²) >= 11 is 7.49. The van der Waals surface area contributed by atoms with Crippen molar-refractivity contribution in [2.45, 2.75) is 41.0 Å². The van der Waals surface area contributed by atoms with E-state index in [9.17, 15) is 4.79 Å². The lowest BCUT2D eigenvalue weighted by atomic mass is 10.1. The summed E-state index contributed by atoms with van der Waals surface area (Å²) < 4.78 is 2.13. The van der Waals surface area contributed by atoms with E-state index in [1.54, 1.807) is 6.08 Å². The van der Waals surface area contributed by atoms with Gasteiger partial charge in [-0.05, 0) is 79.9 Å². The number of amidine groups is 2. The Morgan fingerprint density at radius 2 is 1.97 bits per heavy atom. The number of thioether (sulfide) groups is 1. The number of aryl methyl sites for hydroxylation is 2. The maximum Gasteiger partial charge on any atom is 0.283 e. The average Bonchev–Trinajstić information content (AvgIpc) is 3.19. The van der Waals surface area contributed by atoms with E-state index >= 15 is 0 Å². The molecule has 0 atom stereocenters. The Hall–Kier alpha value is -2.64. The van der Waals surface area contributed by atoms with Crippen LogP contribution in [0.3, 0.4) is 0 Å². The van der Waals surface area contributed by atoms with Gasteiger partial charge in [0.25, 0.3) is 5.91 Å². The van der Waals surface area contributed by atoms with Crippen molar-refractivity contribution < 1.29 is 4.79 Å². The van der Waals surface area contributed by atoms with Crippen molar-refractivity contribution in [3.63, 3.8) is 0 Å². The third kappa shape index (κ3) is 4.00. The Morgan fingerprint density at radius 1 is 1.23 bits per heavy atom. The third-order valence-electron chi connectivity index (χ3n) is 5.25. The lowest BCUT2D eigenvalue weighted by Crippen LogP contribution is -2.35. The Morgan fingerprint density at radius 3 is 2.65 bits per heavy atom. The highest BCUT2D eigenvalue weighted by Crippen LogP contribution is 2.32. The monoisotopic (exact) mass is 453 g/mol. The topological polar surface area (TPSA) is 73.8 Å². The molecule has 6 nitrogen and oxygen atoms in total. The van der Waals surface area contributed by atoms with E-state index in [-0.39, 0.29) is 11.4 Å². The van der Waals surface area contributed by atoms with Crippen LogP contribution in [0.2, 0.25) is 5.02 Å². The summed E-state index contributed by atoms with van der Waals surface area (Å²) in [5, 5.41) is 16.6. The molecule has 160 valence electrons. The van der Waals surface area contributed by atoms with Crippen LogP contribution in [0.5, 0.6) is 0 Å². The van der Waals surface area contributed by atoms with Crippen LogP contribution >= 0.6 is 23.4 Å². The normalized spacial score (nSPS) is 17.5. The first kappa shape index (κ1) is 21.6. The van der Waals surface area contributed by atoms with Gasteiger partial charge in [0, 0.05) is 28.5 Å². The number of carbonyl (C=O) groups is 1. The molecule has 1 N–H and O–H groups in total. The minimum Gasteiger partial charge on any atom is -0.318 e. The van der Waals surface area contributed by atoms with Gasteiger partial charge in [-0.15, -0.1) is 0 Å². The first-order chi connectivity index (χ1) is 14.7. The van der Waals surface area contributed by atoms with Crippen molar-refractivity contribution in [1.29, 1.82) is 5.41 Å². The van der Waals surface area contributed by atoms with Gasteiger partial charge >= 0.3 is 0 Å². The first-order valence-corrected chi connectivity index (χ1v) is 11.3. The van der Waals surface area contributed by atoms with Crippen LogP contribution in [0, 0.1) is 32.1 Å². The number of amides is 1. The summed E-state index contributed by atoms with van der Waals surface area (Å²) in [4.78, 5) is 16.9. The average molecular weight is 454 g/mol. The highest BCUT2D eigenvalue weighted by atomic mass is 35.5. The molecule has 0 bridgehead atoms. The van der Waals surface area contributed by atoms with Crippen LogP contribution in [-0.2, 0) is 4.79 Å². The van der Waals surface area contributed by atoms with Gasteiger partial charge in [-0.1, -0.05) is 25.4 Å². The van der Waals surface area contributed by atoms with E-state index < -0.39 is 5.91 Å². The third-order valence-corrected chi connectivity index (χ3v) is 6.41. The van der Waals surface area contributed by atoms with E-state index in [2.05, 4.69) is 28.5 Å². The van der Waals surface area contributed by atoms with Crippen molar-refractivity contribution in [1.82, 2.24) is 9.58 Å². The molecule has 2 aliphatic rings. The molecule has 31 heavy (non-hydrogen) atoms. The molecule has 1 aromatic carbocycles. The van der Waals surface area contributed by atoms with Crippen molar-refractivity contribution in [3.05, 3.63) is 57.4 Å². The number of hydrogen-bond acceptors (Lipinski definition) is 4. The Balaban J connectivity index is 1.72. The number of fused-ring (bicyclic) bond motifs is 1. The molecule has 0 spiro atoms. The van der Waals surface area contributed by atoms with Crippen LogP contribution in [0.4, 0.5) is 0 Å². The number of hydrogen-bond donors (Lipinski definition) is 1. The second kappa shape index (κ2) is 8.13. The summed E-state index contributed by atoms with van der Waals surface area (Å²) in [5.74, 6) is 0.0979. The maximum atomic E-state index is 12.7. The highest BCUT2D eigenvalue weighted by Gasteiger charge is 2.35. The molecule has 1 amide bonds. The van der Waals surface area contributed by atoms with E-state index in [1.807, 2.05) is 45.0 Å². The largest absolute Gasteiger partial charge is 0.318 e. The van der Waals surface area contributed by atoms with E-state index in [4.69, 9.17) is 17.0 Å². The van der Waals surface area contributed by atoms with Crippen LogP contribution in [0.25, 0.3) is 11.8 Å². The molecule has 2 aliphatic heterocycles. The zero-order valence-electron chi connectivity index (χ0n) is 18.2. The molecular weight excluding hydrogens is 430 g/mol. The Bertz CT molecular complexity index is 1200. The number of nitrogens with one attached hydrogen (secondary N) is 1. The quantitative estimate of drug-likeness (QED) is 0.601. The SMILES string of the molecule is Cc1cc(Cl)ccc1-n1c(C)cc(C=C2C(=N)N3N=C(CC(C)C)SC3=NC2=O)c1C. The van der Waals surface area contributed by atoms with Crippen LogP contribution in [0.15, 0.2) is 39.9 Å². The van der Waals surface area contributed by atoms with Gasteiger partial charge in [-0.2, -0.15) is 15.1 Å². The first-order valence-electron chi connectivity index (χ1n) is 10.1. The summed E-state index contributed by atoms with van der Waals surface area (Å²) in [6.07, 6.45) is 2.54. The fourth-order valence-electron chi connectivity index (χ4n) is 3.79. The van der Waals surface area contributed by atoms with Gasteiger partial charge in [0.2, 0.25) is 5.17 Å². The van der Waals surface area contributed by atoms with Gasteiger partial charge in [0.05, 0.1) is 5.57 Å². The molecule has 0 radical (unpaired) electrons. The number of aliphatic imine (C=N–C) groups is 1. The summed E-state index contributed by atoms with van der Waals surface area (Å²) in [5.41, 5.74) is 5.22. The number of hydrazone groups is 1. The van der Waals surface area contributed by atoms with E-state index in [0.29, 0.717) is 16.1 Å². The second-order valence-electron chi connectivity index (χ2n) is 8.20. The van der Waals surface area contributed by atoms with Crippen molar-refractivity contribution in [2.75, 3.05) is 0 Å². The summed E-state index contributed by atoms with van der Waals surface area (Å²) in [6, 6.07) is 7.81. The van der Waals surface area contributed by atoms with Crippen LogP contribution in [0.1, 0.15) is 42.8 Å². The lowest BCUT2D eigenvalue weighted by Gasteiger charge is -2.20. The molecule has 1 aromatic heterocycles. The number of aromatic nitrogens is 1. The molecule has 0 fully saturated rings. The lowest BCUT2D eigenvalue weighted by molar-refractivity contribution is -0.114. The van der Waals surface area contributed by atoms with Crippen molar-refractivity contribution in [2.24, 2.45) is 16.0 Å². The second-order valence-corrected chi connectivity index (χ2v) is 9.68. The minimum atomic E-state index is -0.405. The van der Waals surface area contributed by atoms with Gasteiger partial charge in [0.1, 0.15) is 5.04 Å². The van der Waals surface area contributed by atoms with Gasteiger partial charge in [0.15, 0.2) is 5.84 Å². The van der Waals surface area contributed by atoms with E-state index in [1.165, 1.54) is 16.8 Å². The molecule has 0 saturated heterocycles. The molecule has 0 saturated carbocycles. The van der Waals surface area contributed by atoms with Crippen LogP contribution in [-0.4, -0.2) is 31.5 Å². The minimum absolute atomic E-state index is 0.0636. The fraction of sp³-hybridized carbons (Fsp3) is 0.304. The highest BCUT2D eigenvalue weighted by molar-refractivity contribution is 8.26. The molecule has 0 aliphatic carbocycles. The van der Waals surface area contributed by atoms with Crippen molar-refractivity contribution in [3.8, 4) is 5.69 Å². The number of nitrogens with zero attached hydrogens (tertiary/aromatic N) is 4. The number of carbonyl (C=O) groups excluding carboxylic acids is 1. The molecular formula is C23H24ClN5OS. The predicted molar refractivity (Wildman–Crippen MR) is 129 cm³/mol. The van der Waals surface area contributed by atoms with Gasteiger partial charge in [-0.3, -0.25) is 10.2 Å². The molecule has 8 heteroatoms. The smallest absolute Gasteiger partial charge is 0.283 e. The number of benzene rings is 1. The van der Waals surface area contributed by atoms with Crippen LogP contribution < -0.4 is 0 Å². The number of halogens is 1. The Kier molecular flexibility index (Phi) is 5.66. The zero-order chi connectivity index (χ0) is 22.4. The van der Waals surface area contributed by atoms with Gasteiger partial charge in [-0.25, -0.2) is 0 Å². The van der Waals surface area contributed by atoms with Crippen molar-refractivity contribution >= 4 is 51.4 Å². The molecule has 4 rings (SSSR count). The summed E-state index contributed by atoms with van der Waals surface area (Å²) in [6.45, 7) is 10.3. The maximum absolute atomic E-state index is 12.7. The standard InChI is InChI=1S/C23H24ClN5OS/c1-12(2)8-20-27-29-21(25)18(22(30)26-23(29)31-20)11-16-10-14(4)28(15(16)5)19-7-6-17(24)9-13(19)3/h6-7,9-12,25H,8H2,1-5H3. The molecule has 0 unspecified atom stereocenters. The fourth-order valence-corrected chi connectivity index (χ4v) is 5.12. The zero-order valence-corrected chi connectivity index (χ0v) is 19.7. The summed E-state index contributed by atoms with van der Waals surface area (Å²) in [7, 11) is 0. The molecule has 3 heterocycles. The molecule has 2 aromatic rings. The van der Waals surface area contributed by atoms with E-state index in [0.717, 1.165) is 39.7 Å². The predicted octanol–water partition coefficient (Wildman–Crippen LogP) is 5.72. The Labute approximate surface area is 191 Å². The van der Waals surface area contributed by atoms with Gasteiger partial charge < -0.3 is 4.57 Å². The number of rotatable bonds is 4.